The first-order chi connectivity index (χ1) is 46.5. The number of aliphatic hydroxyl groups is 2. The van der Waals surface area contributed by atoms with Gasteiger partial charge in [0, 0.05) is 104 Å². The lowest BCUT2D eigenvalue weighted by atomic mass is 9.68. The molecular formula is C72H95ClN8O15S. The fourth-order valence-corrected chi connectivity index (χ4v) is 17.3. The van der Waals surface area contributed by atoms with Crippen LogP contribution in [0.1, 0.15) is 136 Å². The maximum Gasteiger partial charge on any atom is 0.339 e. The first-order valence-electron chi connectivity index (χ1n) is 34.1. The number of methoxy groups -OCH3 is 2. The van der Waals surface area contributed by atoms with E-state index in [0.29, 0.717) is 94.7 Å². The van der Waals surface area contributed by atoms with Gasteiger partial charge in [-0.25, -0.2) is 13.8 Å². The lowest BCUT2D eigenvalue weighted by Crippen LogP contribution is -2.50. The summed E-state index contributed by atoms with van der Waals surface area (Å²) >= 11 is 6.48. The predicted molar refractivity (Wildman–Crippen MR) is 364 cm³/mol. The number of ether oxygens (including phenoxy) is 8. The second-order valence-corrected chi connectivity index (χ2v) is 31.4. The molecule has 5 aromatic rings. The second-order valence-electron chi connectivity index (χ2n) is 28.7. The molecule has 4 unspecified atom stereocenters. The van der Waals surface area contributed by atoms with Gasteiger partial charge in [0.1, 0.15) is 21.3 Å². The van der Waals surface area contributed by atoms with Crippen LogP contribution in [-0.2, 0) is 94.4 Å². The number of hydrogen-bond donors (Lipinski definition) is 3. The van der Waals surface area contributed by atoms with E-state index in [1.165, 1.54) is 25.3 Å². The Labute approximate surface area is 573 Å². The number of allylic oxidation sites excluding steroid dienone is 1. The van der Waals surface area contributed by atoms with E-state index in [1.807, 2.05) is 65.6 Å². The normalized spacial score (nSPS) is 30.6. The molecule has 9 aliphatic rings. The van der Waals surface area contributed by atoms with Crippen LogP contribution in [0, 0.1) is 17.8 Å². The molecule has 25 heteroatoms. The van der Waals surface area contributed by atoms with E-state index in [2.05, 4.69) is 59.1 Å². The zero-order chi connectivity index (χ0) is 68.4. The molecule has 10 heterocycles. The number of hydrogen-bond acceptors (Lipinski definition) is 18. The highest BCUT2D eigenvalue weighted by Crippen LogP contribution is 2.47. The van der Waals surface area contributed by atoms with Crippen LogP contribution in [0.15, 0.2) is 89.7 Å². The van der Waals surface area contributed by atoms with E-state index in [0.717, 1.165) is 119 Å². The minimum Gasteiger partial charge on any atom is -0.490 e. The molecule has 2 aliphatic carbocycles. The van der Waals surface area contributed by atoms with E-state index in [4.69, 9.17) is 44.8 Å². The second kappa shape index (κ2) is 29.4. The summed E-state index contributed by atoms with van der Waals surface area (Å²) in [6.07, 6.45) is 13.9. The minimum absolute atomic E-state index is 0.0435. The van der Waals surface area contributed by atoms with Crippen LogP contribution in [0.3, 0.4) is 0 Å². The number of anilines is 1. The van der Waals surface area contributed by atoms with Gasteiger partial charge in [-0.15, -0.1) is 4.36 Å². The Morgan fingerprint density at radius 1 is 0.742 bits per heavy atom. The number of amides is 2. The lowest BCUT2D eigenvalue weighted by molar-refractivity contribution is -0.104. The third-order valence-electron chi connectivity index (χ3n) is 21.2. The highest BCUT2D eigenvalue weighted by atomic mass is 35.5. The smallest absolute Gasteiger partial charge is 0.339 e. The van der Waals surface area contributed by atoms with Crippen molar-refractivity contribution in [2.45, 2.75) is 146 Å². The Bertz CT molecular complexity index is 3870. The summed E-state index contributed by atoms with van der Waals surface area (Å²) in [5.74, 6) is -1.14. The highest BCUT2D eigenvalue weighted by molar-refractivity contribution is 7.93. The third-order valence-corrected chi connectivity index (χ3v) is 23.8. The average Bonchev–Trinajstić information content (AvgIpc) is 1.66. The molecule has 10 atom stereocenters. The molecule has 3 fully saturated rings. The van der Waals surface area contributed by atoms with Crippen molar-refractivity contribution in [2.75, 3.05) is 111 Å². The number of benzene rings is 2. The molecule has 0 radical (unpaired) electrons. The first kappa shape index (κ1) is 70.4. The Morgan fingerprint density at radius 3 is 1.88 bits per heavy atom. The number of halogens is 1. The maximum atomic E-state index is 15.2. The fraction of sp³-hybridized carbons (Fsp3) is 0.583. The number of fused-ring (bicyclic) bond motifs is 7. The number of nitrogens with zero attached hydrogens (tertiary/aromatic N) is 7. The summed E-state index contributed by atoms with van der Waals surface area (Å²) in [4.78, 5) is 58.5. The summed E-state index contributed by atoms with van der Waals surface area (Å²) in [5.41, 5.74) is 6.19. The van der Waals surface area contributed by atoms with Crippen LogP contribution in [-0.4, -0.2) is 196 Å². The zero-order valence-electron chi connectivity index (χ0n) is 57.0. The zero-order valence-corrected chi connectivity index (χ0v) is 58.5. The fourth-order valence-electron chi connectivity index (χ4n) is 15.2. The van der Waals surface area contributed by atoms with Crippen LogP contribution in [0.5, 0.6) is 5.75 Å². The highest BCUT2D eigenvalue weighted by Gasteiger charge is 2.45. The van der Waals surface area contributed by atoms with Crippen molar-refractivity contribution in [3.8, 4) is 5.75 Å². The van der Waals surface area contributed by atoms with Crippen LogP contribution >= 0.6 is 11.6 Å². The molecule has 7 aliphatic heterocycles. The molecule has 1 saturated carbocycles. The van der Waals surface area contributed by atoms with Crippen LogP contribution < -0.4 is 14.4 Å². The summed E-state index contributed by atoms with van der Waals surface area (Å²) in [6, 6.07) is 16.9. The molecule has 14 rings (SSSR count). The number of nitrogens with one attached hydrogen (secondary N) is 1. The van der Waals surface area contributed by atoms with E-state index in [9.17, 15) is 29.4 Å². The Balaban J connectivity index is 0.000000195. The van der Waals surface area contributed by atoms with Crippen LogP contribution in [0.2, 0.25) is 5.02 Å². The molecule has 526 valence electrons. The molecule has 2 saturated heterocycles. The number of aromatic nitrogens is 3. The molecule has 2 aromatic carbocycles. The Hall–Kier alpha value is -6.42. The Kier molecular flexibility index (Phi) is 21.4. The van der Waals surface area contributed by atoms with Crippen LogP contribution in [0.25, 0.3) is 0 Å². The van der Waals surface area contributed by atoms with Crippen molar-refractivity contribution in [1.29, 1.82) is 0 Å². The SMILES string of the molecule is COC(=O)c1cc2n(c1)CC(C)(CN1CCOCC1)OC2.COC(=O)c1cc2n(c1)CC(C)(CO)OC2.C[C@@H]1[C@@H](C)C/C=C/[C@H](O)[C@@H]2CC[C@H]2CN2C[C@@]3(CCCc4cc(Cl)ccc43)COc3ccc(cc32)C(=O)N=S1(=O)NC(=O)c1cc2n(c1)CC(C)(CN1CCOCC1)OC2. The number of carbonyl (C=O) groups excluding carboxylic acids is 4. The summed E-state index contributed by atoms with van der Waals surface area (Å²) in [5, 5.41) is 20.7. The Morgan fingerprint density at radius 2 is 1.31 bits per heavy atom. The number of rotatable bonds is 9. The van der Waals surface area contributed by atoms with Gasteiger partial charge in [-0.3, -0.25) is 24.1 Å². The third kappa shape index (κ3) is 15.8. The number of morpholine rings is 2. The van der Waals surface area contributed by atoms with Gasteiger partial charge in [0.05, 0.1) is 138 Å². The van der Waals surface area contributed by atoms with Gasteiger partial charge >= 0.3 is 11.9 Å². The summed E-state index contributed by atoms with van der Waals surface area (Å²) in [7, 11) is -0.937. The molecule has 23 nitrogen and oxygen atoms in total. The number of carbonyl (C=O) groups is 4. The van der Waals surface area contributed by atoms with E-state index in [1.54, 1.807) is 37.5 Å². The van der Waals surface area contributed by atoms with Crippen LogP contribution in [0.4, 0.5) is 5.69 Å². The molecule has 2 bridgehead atoms. The van der Waals surface area contributed by atoms with Gasteiger partial charge in [-0.1, -0.05) is 36.7 Å². The monoisotopic (exact) mass is 1380 g/mol. The van der Waals surface area contributed by atoms with Crippen molar-refractivity contribution >= 4 is 51.0 Å². The van der Waals surface area contributed by atoms with Gasteiger partial charge in [-0.2, -0.15) is 0 Å². The minimum atomic E-state index is -3.69. The van der Waals surface area contributed by atoms with E-state index in [-0.39, 0.29) is 52.9 Å². The van der Waals surface area contributed by atoms with Gasteiger partial charge in [0.25, 0.3) is 11.8 Å². The molecule has 2 amide bonds. The van der Waals surface area contributed by atoms with Gasteiger partial charge in [0.2, 0.25) is 0 Å². The number of esters is 2. The molecule has 1 spiro atoms. The summed E-state index contributed by atoms with van der Waals surface area (Å²) in [6.45, 7) is 22.8. The van der Waals surface area contributed by atoms with Crippen molar-refractivity contribution in [2.24, 2.45) is 22.1 Å². The summed E-state index contributed by atoms with van der Waals surface area (Å²) < 4.78 is 73.5. The number of aliphatic hydroxyl groups excluding tert-OH is 2. The molecular weight excluding hydrogens is 1280 g/mol. The maximum absolute atomic E-state index is 15.2. The van der Waals surface area contributed by atoms with Gasteiger partial charge < -0.3 is 66.7 Å². The van der Waals surface area contributed by atoms with E-state index >= 15 is 4.21 Å². The average molecular weight is 1380 g/mol. The van der Waals surface area contributed by atoms with Gasteiger partial charge in [0.15, 0.2) is 0 Å². The van der Waals surface area contributed by atoms with Crippen molar-refractivity contribution < 1.29 is 71.5 Å². The standard InChI is InChI=1S/C46H58ClN5O7S.C15H22N2O4.C11H15NO4/c1-30-6-4-8-41(53)38-12-9-34(38)23-52-28-46(15-5-7-32-20-36(47)11-13-39(32)46)29-58-42-14-10-33(22-40(42)52)43(54)48-60(56,31(30)2)49-44(55)35-21-37-25-59-45(3,27-51(37)24-35)26-50-16-18-57-19-17-50;1-15(10-16-3-5-20-6-4-16)11-17-8-12(14(18)19-2)7-13(17)9-21-15;1-11(7-13)6-12-4-8(10(14)15-2)3-9(12)5-16-11/h4,8,10-11,13-14,20-22,24,30-31,34,38,41,53H,5-7,9,12,15-19,23,25-29H2,1-3H3,(H,48,49,54,55,56);7-8H,3-6,9-11H2,1-2H3;3-4,13H,5-7H2,1-2H3/b8-4+;;/t30-,31+,34-,38+,41-,45?,46-,60?;;/m0../s1. The first-order valence-corrected chi connectivity index (χ1v) is 36.1. The topological polar surface area (TPSA) is 249 Å². The largest absolute Gasteiger partial charge is 0.490 e. The van der Waals surface area contributed by atoms with Crippen molar-refractivity contribution in [3.05, 3.63) is 141 Å². The molecule has 3 aromatic heterocycles. The molecule has 3 N–H and O–H groups in total. The van der Waals surface area contributed by atoms with Crippen molar-refractivity contribution in [1.82, 2.24) is 28.2 Å². The van der Waals surface area contributed by atoms with Gasteiger partial charge in [-0.05, 0) is 144 Å². The van der Waals surface area contributed by atoms with Crippen molar-refractivity contribution in [3.63, 3.8) is 0 Å². The number of aryl methyl sites for hydroxylation is 1. The van der Waals surface area contributed by atoms with E-state index < -0.39 is 44.3 Å². The lowest BCUT2D eigenvalue weighted by Gasteiger charge is -2.45. The predicted octanol–water partition coefficient (Wildman–Crippen LogP) is 8.01. The quantitative estimate of drug-likeness (QED) is 0.0934. The molecule has 97 heavy (non-hydrogen) atoms.